The van der Waals surface area contributed by atoms with E-state index in [1.165, 1.54) is 51.4 Å². The van der Waals surface area contributed by atoms with E-state index in [4.69, 9.17) is 5.73 Å². The fourth-order valence-electron chi connectivity index (χ4n) is 3.00. The Bertz CT molecular complexity index is 266. The lowest BCUT2D eigenvalue weighted by molar-refractivity contribution is -0.151. The summed E-state index contributed by atoms with van der Waals surface area (Å²) in [6, 6.07) is 0. The van der Waals surface area contributed by atoms with Crippen LogP contribution in [0.4, 0.5) is 0 Å². The summed E-state index contributed by atoms with van der Waals surface area (Å²) < 4.78 is 0. The van der Waals surface area contributed by atoms with Crippen LogP contribution < -0.4 is 5.73 Å². The molecule has 0 spiro atoms. The van der Waals surface area contributed by atoms with Crippen LogP contribution in [-0.4, -0.2) is 17.6 Å². The molecule has 3 N–H and O–H groups in total. The van der Waals surface area contributed by atoms with Crippen LogP contribution in [0.2, 0.25) is 0 Å². The van der Waals surface area contributed by atoms with Crippen LogP contribution in [-0.2, 0) is 4.79 Å². The zero-order chi connectivity index (χ0) is 16.1. The molecular weight excluding hydrogens is 262 g/mol. The molecule has 126 valence electrons. The topological polar surface area (TPSA) is 63.3 Å². The number of aliphatic carboxylic acids is 1. The van der Waals surface area contributed by atoms with Gasteiger partial charge in [-0.15, -0.1) is 0 Å². The normalized spacial score (nSPS) is 14.3. The standard InChI is InChI=1S/C18H37NO2/c1-4-5-6-7-8-9-10-11-12-13-14-18(15-19,16(2)3)17(20)21/h16H,4-15,19H2,1-3H3,(H,20,21). The van der Waals surface area contributed by atoms with Gasteiger partial charge in [-0.3, -0.25) is 4.79 Å². The Labute approximate surface area is 131 Å². The molecule has 0 aliphatic heterocycles. The molecule has 1 unspecified atom stereocenters. The summed E-state index contributed by atoms with van der Waals surface area (Å²) in [5, 5.41) is 9.46. The van der Waals surface area contributed by atoms with Crippen molar-refractivity contribution in [1.82, 2.24) is 0 Å². The summed E-state index contributed by atoms with van der Waals surface area (Å²) in [4.78, 5) is 11.5. The van der Waals surface area contributed by atoms with Gasteiger partial charge in [-0.25, -0.2) is 0 Å². The maximum atomic E-state index is 11.5. The van der Waals surface area contributed by atoms with Crippen molar-refractivity contribution in [2.45, 2.75) is 91.4 Å². The lowest BCUT2D eigenvalue weighted by Crippen LogP contribution is -2.43. The summed E-state index contributed by atoms with van der Waals surface area (Å²) in [5.41, 5.74) is 5.03. The highest BCUT2D eigenvalue weighted by molar-refractivity contribution is 5.75. The quantitative estimate of drug-likeness (QED) is 0.444. The molecule has 0 aromatic rings. The van der Waals surface area contributed by atoms with Crippen LogP contribution in [0, 0.1) is 11.3 Å². The molecule has 1 atom stereocenters. The highest BCUT2D eigenvalue weighted by atomic mass is 16.4. The van der Waals surface area contributed by atoms with E-state index in [1.807, 2.05) is 13.8 Å². The van der Waals surface area contributed by atoms with Crippen LogP contribution in [0.15, 0.2) is 0 Å². The van der Waals surface area contributed by atoms with E-state index in [0.29, 0.717) is 6.42 Å². The van der Waals surface area contributed by atoms with Gasteiger partial charge < -0.3 is 10.8 Å². The van der Waals surface area contributed by atoms with E-state index >= 15 is 0 Å². The zero-order valence-electron chi connectivity index (χ0n) is 14.5. The lowest BCUT2D eigenvalue weighted by Gasteiger charge is -2.32. The molecule has 0 saturated heterocycles. The van der Waals surface area contributed by atoms with Crippen molar-refractivity contribution in [3.05, 3.63) is 0 Å². The number of carboxylic acid groups (broad SMARTS) is 1. The molecule has 0 amide bonds. The molecule has 0 bridgehead atoms. The van der Waals surface area contributed by atoms with Gasteiger partial charge >= 0.3 is 5.97 Å². The van der Waals surface area contributed by atoms with Gasteiger partial charge in [0.1, 0.15) is 0 Å². The smallest absolute Gasteiger partial charge is 0.311 e. The third-order valence-corrected chi connectivity index (χ3v) is 4.87. The molecule has 0 fully saturated rings. The summed E-state index contributed by atoms with van der Waals surface area (Å²) in [5.74, 6) is -0.630. The first-order valence-electron chi connectivity index (χ1n) is 8.94. The third kappa shape index (κ3) is 7.85. The number of carboxylic acids is 1. The number of carbonyl (C=O) groups is 1. The zero-order valence-corrected chi connectivity index (χ0v) is 14.5. The first-order valence-corrected chi connectivity index (χ1v) is 8.94. The minimum atomic E-state index is -0.726. The minimum Gasteiger partial charge on any atom is -0.481 e. The Morgan fingerprint density at radius 3 is 1.71 bits per heavy atom. The van der Waals surface area contributed by atoms with Crippen molar-refractivity contribution in [2.75, 3.05) is 6.54 Å². The largest absolute Gasteiger partial charge is 0.481 e. The summed E-state index contributed by atoms with van der Waals surface area (Å²) in [6.07, 6.45) is 13.5. The third-order valence-electron chi connectivity index (χ3n) is 4.87. The highest BCUT2D eigenvalue weighted by Crippen LogP contribution is 2.33. The molecule has 0 saturated carbocycles. The molecule has 21 heavy (non-hydrogen) atoms. The summed E-state index contributed by atoms with van der Waals surface area (Å²) in [6.45, 7) is 6.43. The Kier molecular flexibility index (Phi) is 11.7. The first-order chi connectivity index (χ1) is 10.0. The summed E-state index contributed by atoms with van der Waals surface area (Å²) >= 11 is 0. The van der Waals surface area contributed by atoms with Crippen LogP contribution >= 0.6 is 0 Å². The van der Waals surface area contributed by atoms with Gasteiger partial charge in [0.2, 0.25) is 0 Å². The monoisotopic (exact) mass is 299 g/mol. The second-order valence-electron chi connectivity index (χ2n) is 6.75. The molecule has 0 aliphatic carbocycles. The number of hydrogen-bond donors (Lipinski definition) is 2. The Morgan fingerprint density at radius 1 is 0.952 bits per heavy atom. The van der Waals surface area contributed by atoms with Crippen molar-refractivity contribution < 1.29 is 9.90 Å². The minimum absolute atomic E-state index is 0.0959. The Hall–Kier alpha value is -0.570. The van der Waals surface area contributed by atoms with Crippen molar-refractivity contribution >= 4 is 5.97 Å². The average molecular weight is 299 g/mol. The average Bonchev–Trinajstić information content (AvgIpc) is 2.44. The predicted molar refractivity (Wildman–Crippen MR) is 90.4 cm³/mol. The Morgan fingerprint density at radius 2 is 1.38 bits per heavy atom. The summed E-state index contributed by atoms with van der Waals surface area (Å²) in [7, 11) is 0. The van der Waals surface area contributed by atoms with Gasteiger partial charge in [0, 0.05) is 6.54 Å². The maximum Gasteiger partial charge on any atom is 0.311 e. The highest BCUT2D eigenvalue weighted by Gasteiger charge is 2.39. The van der Waals surface area contributed by atoms with Gasteiger partial charge in [-0.05, 0) is 12.3 Å². The fourth-order valence-corrected chi connectivity index (χ4v) is 3.00. The van der Waals surface area contributed by atoms with E-state index in [0.717, 1.165) is 12.8 Å². The molecule has 0 aromatic heterocycles. The van der Waals surface area contributed by atoms with Gasteiger partial charge in [-0.1, -0.05) is 85.0 Å². The molecule has 0 radical (unpaired) electrons. The number of rotatable bonds is 14. The van der Waals surface area contributed by atoms with Crippen molar-refractivity contribution in [3.63, 3.8) is 0 Å². The van der Waals surface area contributed by atoms with Crippen LogP contribution in [0.1, 0.15) is 91.4 Å². The van der Waals surface area contributed by atoms with Gasteiger partial charge in [0.15, 0.2) is 0 Å². The van der Waals surface area contributed by atoms with Crippen LogP contribution in [0.5, 0.6) is 0 Å². The van der Waals surface area contributed by atoms with Crippen molar-refractivity contribution in [3.8, 4) is 0 Å². The van der Waals surface area contributed by atoms with E-state index < -0.39 is 11.4 Å². The Balaban J connectivity index is 3.71. The lowest BCUT2D eigenvalue weighted by atomic mass is 9.73. The van der Waals surface area contributed by atoms with Gasteiger partial charge in [0.05, 0.1) is 5.41 Å². The maximum absolute atomic E-state index is 11.5. The van der Waals surface area contributed by atoms with E-state index in [2.05, 4.69) is 6.92 Å². The predicted octanol–water partition coefficient (Wildman–Crippen LogP) is 4.98. The number of hydrogen-bond acceptors (Lipinski definition) is 2. The van der Waals surface area contributed by atoms with Gasteiger partial charge in [-0.2, -0.15) is 0 Å². The van der Waals surface area contributed by atoms with Crippen molar-refractivity contribution in [2.24, 2.45) is 17.1 Å². The van der Waals surface area contributed by atoms with Crippen molar-refractivity contribution in [1.29, 1.82) is 0 Å². The number of nitrogens with two attached hydrogens (primary N) is 1. The SMILES string of the molecule is CCCCCCCCCCCCC(CN)(C(=O)O)C(C)C. The first kappa shape index (κ1) is 20.4. The van der Waals surface area contributed by atoms with E-state index in [9.17, 15) is 9.90 Å². The second-order valence-corrected chi connectivity index (χ2v) is 6.75. The van der Waals surface area contributed by atoms with E-state index in [-0.39, 0.29) is 12.5 Å². The van der Waals surface area contributed by atoms with Crippen LogP contribution in [0.3, 0.4) is 0 Å². The fraction of sp³-hybridized carbons (Fsp3) is 0.944. The molecule has 3 nitrogen and oxygen atoms in total. The number of unbranched alkanes of at least 4 members (excludes halogenated alkanes) is 9. The molecule has 3 heteroatoms. The van der Waals surface area contributed by atoms with Gasteiger partial charge in [0.25, 0.3) is 0 Å². The molecule has 0 heterocycles. The second kappa shape index (κ2) is 12.0. The molecule has 0 aliphatic rings. The van der Waals surface area contributed by atoms with Crippen LogP contribution in [0.25, 0.3) is 0 Å². The molecule has 0 aromatic carbocycles. The van der Waals surface area contributed by atoms with E-state index in [1.54, 1.807) is 0 Å². The molecule has 0 rings (SSSR count). The molecular formula is C18H37NO2.